The van der Waals surface area contributed by atoms with Crippen molar-refractivity contribution >= 4 is 22.6 Å². The van der Waals surface area contributed by atoms with E-state index in [2.05, 4.69) is 4.98 Å². The van der Waals surface area contributed by atoms with Crippen LogP contribution in [0.2, 0.25) is 0 Å². The van der Waals surface area contributed by atoms with Crippen molar-refractivity contribution in [2.75, 3.05) is 0 Å². The fourth-order valence-corrected chi connectivity index (χ4v) is 5.07. The second-order valence-corrected chi connectivity index (χ2v) is 8.30. The Morgan fingerprint density at radius 1 is 1.17 bits per heavy atom. The maximum atomic E-state index is 13.4. The molecule has 2 aliphatic rings. The number of benzene rings is 1. The monoisotopic (exact) mass is 390 g/mol. The number of hydrogen-bond donors (Lipinski definition) is 1. The van der Waals surface area contributed by atoms with Gasteiger partial charge in [-0.3, -0.25) is 14.3 Å². The molecule has 0 spiro atoms. The quantitative estimate of drug-likeness (QED) is 0.535. The van der Waals surface area contributed by atoms with E-state index in [1.807, 2.05) is 36.0 Å². The van der Waals surface area contributed by atoms with Crippen LogP contribution in [0.15, 0.2) is 30.5 Å². The molecule has 3 aromatic rings. The summed E-state index contributed by atoms with van der Waals surface area (Å²) in [5, 5.41) is 5.50. The minimum absolute atomic E-state index is 0.121. The van der Waals surface area contributed by atoms with E-state index in [9.17, 15) is 9.59 Å². The third-order valence-corrected chi connectivity index (χ3v) is 6.57. The lowest BCUT2D eigenvalue weighted by atomic mass is 10.1. The number of ketones is 1. The number of H-pyrrole nitrogens is 1. The van der Waals surface area contributed by atoms with Crippen LogP contribution in [0, 0.1) is 0 Å². The van der Waals surface area contributed by atoms with Crippen LogP contribution in [0.3, 0.4) is 0 Å². The van der Waals surface area contributed by atoms with Gasteiger partial charge in [-0.1, -0.05) is 31.0 Å². The zero-order valence-electron chi connectivity index (χ0n) is 16.8. The third kappa shape index (κ3) is 3.07. The number of hydrogen-bond acceptors (Lipinski definition) is 3. The molecule has 0 atom stereocenters. The molecule has 1 amide bonds. The number of aromatic amines is 1. The van der Waals surface area contributed by atoms with Gasteiger partial charge in [-0.15, -0.1) is 0 Å². The molecule has 1 N–H and O–H groups in total. The van der Waals surface area contributed by atoms with Crippen LogP contribution in [0.25, 0.3) is 10.9 Å². The molecule has 1 aromatic carbocycles. The lowest BCUT2D eigenvalue weighted by Crippen LogP contribution is -2.42. The first-order valence-electron chi connectivity index (χ1n) is 10.6. The Morgan fingerprint density at radius 3 is 2.79 bits per heavy atom. The fourth-order valence-electron chi connectivity index (χ4n) is 5.07. The molecular weight excluding hydrogens is 364 g/mol. The molecule has 6 heteroatoms. The normalized spacial score (nSPS) is 16.4. The summed E-state index contributed by atoms with van der Waals surface area (Å²) in [6.07, 6.45) is 9.00. The standard InChI is InChI=1S/C23H26N4O2/c1-26-21-12-6-10-17(21)20(25-26)14-27(15-7-2-3-8-15)23(29)22(28)18-13-24-19-11-5-4-9-16(18)19/h4-5,9,11,13,15,24H,2-3,6-8,10,12,14H2,1H3. The minimum atomic E-state index is -0.429. The highest BCUT2D eigenvalue weighted by Crippen LogP contribution is 2.30. The van der Waals surface area contributed by atoms with Gasteiger partial charge in [0, 0.05) is 35.9 Å². The van der Waals surface area contributed by atoms with Crippen LogP contribution in [0.4, 0.5) is 0 Å². The highest BCUT2D eigenvalue weighted by molar-refractivity contribution is 6.44. The van der Waals surface area contributed by atoms with Crippen molar-refractivity contribution in [1.29, 1.82) is 0 Å². The Hall–Kier alpha value is -2.89. The van der Waals surface area contributed by atoms with Crippen molar-refractivity contribution in [2.45, 2.75) is 57.5 Å². The number of aryl methyl sites for hydroxylation is 1. The van der Waals surface area contributed by atoms with E-state index in [4.69, 9.17) is 5.10 Å². The van der Waals surface area contributed by atoms with Crippen LogP contribution in [0.1, 0.15) is 59.4 Å². The number of para-hydroxylation sites is 1. The number of aromatic nitrogens is 3. The molecule has 1 saturated carbocycles. The van der Waals surface area contributed by atoms with Crippen LogP contribution in [-0.4, -0.2) is 37.4 Å². The van der Waals surface area contributed by atoms with E-state index >= 15 is 0 Å². The van der Waals surface area contributed by atoms with Gasteiger partial charge in [-0.2, -0.15) is 5.10 Å². The number of fused-ring (bicyclic) bond motifs is 2. The summed E-state index contributed by atoms with van der Waals surface area (Å²) in [4.78, 5) is 31.5. The second-order valence-electron chi connectivity index (χ2n) is 8.30. The van der Waals surface area contributed by atoms with Crippen LogP contribution >= 0.6 is 0 Å². The van der Waals surface area contributed by atoms with E-state index in [1.165, 1.54) is 11.3 Å². The van der Waals surface area contributed by atoms with Crippen molar-refractivity contribution in [2.24, 2.45) is 7.05 Å². The number of rotatable bonds is 5. The van der Waals surface area contributed by atoms with Gasteiger partial charge in [-0.05, 0) is 43.7 Å². The van der Waals surface area contributed by atoms with Crippen LogP contribution in [-0.2, 0) is 31.2 Å². The third-order valence-electron chi connectivity index (χ3n) is 6.57. The van der Waals surface area contributed by atoms with Crippen molar-refractivity contribution in [3.8, 4) is 0 Å². The van der Waals surface area contributed by atoms with Gasteiger partial charge in [0.2, 0.25) is 0 Å². The number of amides is 1. The van der Waals surface area contributed by atoms with Crippen molar-refractivity contribution in [3.63, 3.8) is 0 Å². The molecule has 2 heterocycles. The van der Waals surface area contributed by atoms with Gasteiger partial charge in [0.15, 0.2) is 0 Å². The Morgan fingerprint density at radius 2 is 1.97 bits per heavy atom. The number of Topliss-reactive ketones (excluding diaryl/α,β-unsaturated/α-hetero) is 1. The van der Waals surface area contributed by atoms with Crippen molar-refractivity contribution in [3.05, 3.63) is 53.0 Å². The van der Waals surface area contributed by atoms with Gasteiger partial charge in [-0.25, -0.2) is 0 Å². The van der Waals surface area contributed by atoms with Gasteiger partial charge in [0.05, 0.1) is 17.8 Å². The first-order valence-corrected chi connectivity index (χ1v) is 10.6. The van der Waals surface area contributed by atoms with Gasteiger partial charge < -0.3 is 9.88 Å². The molecule has 0 bridgehead atoms. The maximum Gasteiger partial charge on any atom is 0.295 e. The number of carbonyl (C=O) groups is 2. The predicted octanol–water partition coefficient (Wildman–Crippen LogP) is 3.54. The van der Waals surface area contributed by atoms with Crippen LogP contribution in [0.5, 0.6) is 0 Å². The molecule has 0 radical (unpaired) electrons. The Balaban J connectivity index is 1.47. The predicted molar refractivity (Wildman–Crippen MR) is 111 cm³/mol. The molecule has 6 nitrogen and oxygen atoms in total. The van der Waals surface area contributed by atoms with E-state index in [0.29, 0.717) is 12.1 Å². The molecule has 0 unspecified atom stereocenters. The second kappa shape index (κ2) is 7.17. The maximum absolute atomic E-state index is 13.4. The van der Waals surface area contributed by atoms with Gasteiger partial charge >= 0.3 is 0 Å². The molecule has 0 aliphatic heterocycles. The average Bonchev–Trinajstić information content (AvgIpc) is 3.51. The lowest BCUT2D eigenvalue weighted by molar-refractivity contribution is -0.129. The van der Waals surface area contributed by atoms with Crippen LogP contribution < -0.4 is 0 Å². The largest absolute Gasteiger partial charge is 0.360 e. The Bertz CT molecular complexity index is 1090. The van der Waals surface area contributed by atoms with Crippen molar-refractivity contribution < 1.29 is 9.59 Å². The van der Waals surface area contributed by atoms with E-state index < -0.39 is 11.7 Å². The highest BCUT2D eigenvalue weighted by Gasteiger charge is 2.34. The summed E-state index contributed by atoms with van der Waals surface area (Å²) in [6, 6.07) is 7.74. The smallest absolute Gasteiger partial charge is 0.295 e. The number of nitrogens with one attached hydrogen (secondary N) is 1. The summed E-state index contributed by atoms with van der Waals surface area (Å²) in [6.45, 7) is 0.431. The van der Waals surface area contributed by atoms with E-state index in [1.54, 1.807) is 11.1 Å². The number of nitrogens with zero attached hydrogens (tertiary/aromatic N) is 3. The fraction of sp³-hybridized carbons (Fsp3) is 0.435. The lowest BCUT2D eigenvalue weighted by Gasteiger charge is -2.28. The summed E-state index contributed by atoms with van der Waals surface area (Å²) in [5.41, 5.74) is 4.86. The van der Waals surface area contributed by atoms with E-state index in [0.717, 1.165) is 61.5 Å². The molecule has 2 aromatic heterocycles. The van der Waals surface area contributed by atoms with E-state index in [-0.39, 0.29) is 6.04 Å². The highest BCUT2D eigenvalue weighted by atomic mass is 16.2. The Labute approximate surface area is 169 Å². The SMILES string of the molecule is Cn1nc(CN(C(=O)C(=O)c2c[nH]c3ccccc23)C2CCCC2)c2c1CCC2. The van der Waals surface area contributed by atoms with Crippen molar-refractivity contribution in [1.82, 2.24) is 19.7 Å². The topological polar surface area (TPSA) is 71.0 Å². The number of carbonyl (C=O) groups excluding carboxylic acids is 2. The minimum Gasteiger partial charge on any atom is -0.360 e. The molecule has 29 heavy (non-hydrogen) atoms. The molecule has 0 saturated heterocycles. The first-order chi connectivity index (χ1) is 14.1. The molecule has 150 valence electrons. The zero-order chi connectivity index (χ0) is 20.0. The first kappa shape index (κ1) is 18.2. The summed E-state index contributed by atoms with van der Waals surface area (Å²) in [7, 11) is 1.98. The summed E-state index contributed by atoms with van der Waals surface area (Å²) < 4.78 is 1.95. The van der Waals surface area contributed by atoms with Gasteiger partial charge in [0.25, 0.3) is 11.7 Å². The summed E-state index contributed by atoms with van der Waals surface area (Å²) >= 11 is 0. The molecule has 2 aliphatic carbocycles. The molecule has 5 rings (SSSR count). The zero-order valence-corrected chi connectivity index (χ0v) is 16.8. The Kier molecular flexibility index (Phi) is 4.49. The van der Waals surface area contributed by atoms with Gasteiger partial charge in [0.1, 0.15) is 0 Å². The average molecular weight is 390 g/mol. The summed E-state index contributed by atoms with van der Waals surface area (Å²) in [5.74, 6) is -0.832. The molecular formula is C23H26N4O2. The molecule has 1 fully saturated rings.